The van der Waals surface area contributed by atoms with Gasteiger partial charge in [-0.05, 0) is 67.6 Å². The molecule has 4 rings (SSSR count). The van der Waals surface area contributed by atoms with Gasteiger partial charge in [-0.3, -0.25) is 9.10 Å². The van der Waals surface area contributed by atoms with Crippen LogP contribution in [0, 0.1) is 0 Å². The molecule has 1 fully saturated rings. The Morgan fingerprint density at radius 2 is 1.88 bits per heavy atom. The minimum atomic E-state index is -5.61. The van der Waals surface area contributed by atoms with Gasteiger partial charge in [0, 0.05) is 23.5 Å². The number of carbonyl (C=O) groups excluding carboxylic acids is 1. The summed E-state index contributed by atoms with van der Waals surface area (Å²) in [5.74, 6) is -0.513. The van der Waals surface area contributed by atoms with Gasteiger partial charge in [0.05, 0.1) is 16.9 Å². The molecule has 0 saturated heterocycles. The third-order valence-electron chi connectivity index (χ3n) is 5.49. The first-order chi connectivity index (χ1) is 15.5. The van der Waals surface area contributed by atoms with Crippen molar-refractivity contribution in [2.75, 3.05) is 17.9 Å². The quantitative estimate of drug-likeness (QED) is 0.487. The first kappa shape index (κ1) is 23.6. The maximum atomic E-state index is 13.4. The molecular formula is C21H20BrF3N4O3S. The van der Waals surface area contributed by atoms with Crippen LogP contribution in [0.3, 0.4) is 0 Å². The first-order valence-corrected chi connectivity index (χ1v) is 12.4. The average molecular weight is 545 g/mol. The fourth-order valence-electron chi connectivity index (χ4n) is 3.78. The van der Waals surface area contributed by atoms with Crippen LogP contribution < -0.4 is 9.62 Å². The molecule has 176 valence electrons. The lowest BCUT2D eigenvalue weighted by molar-refractivity contribution is -0.0438. The van der Waals surface area contributed by atoms with Crippen molar-refractivity contribution in [3.63, 3.8) is 0 Å². The van der Waals surface area contributed by atoms with Crippen LogP contribution in [0.1, 0.15) is 41.7 Å². The van der Waals surface area contributed by atoms with Crippen LogP contribution >= 0.6 is 15.9 Å². The van der Waals surface area contributed by atoms with Gasteiger partial charge in [-0.1, -0.05) is 15.9 Å². The summed E-state index contributed by atoms with van der Waals surface area (Å²) in [6.45, 7) is 0.948. The van der Waals surface area contributed by atoms with Gasteiger partial charge >= 0.3 is 15.5 Å². The Hall–Kier alpha value is -2.60. The number of aromatic nitrogens is 2. The van der Waals surface area contributed by atoms with Crippen molar-refractivity contribution >= 4 is 48.5 Å². The van der Waals surface area contributed by atoms with E-state index in [1.165, 1.54) is 24.7 Å². The highest BCUT2D eigenvalue weighted by molar-refractivity contribution is 9.10. The predicted molar refractivity (Wildman–Crippen MR) is 122 cm³/mol. The number of rotatable bonds is 6. The van der Waals surface area contributed by atoms with Gasteiger partial charge in [0.15, 0.2) is 0 Å². The van der Waals surface area contributed by atoms with Gasteiger partial charge in [0.2, 0.25) is 0 Å². The van der Waals surface area contributed by atoms with Gasteiger partial charge in [0.25, 0.3) is 5.91 Å². The Balaban J connectivity index is 2.00. The zero-order chi connectivity index (χ0) is 24.1. The molecule has 2 aromatic carbocycles. The highest BCUT2D eigenvalue weighted by atomic mass is 79.9. The van der Waals surface area contributed by atoms with Gasteiger partial charge < -0.3 is 5.32 Å². The summed E-state index contributed by atoms with van der Waals surface area (Å²) in [7, 11) is -4.14. The number of hydrogen-bond acceptors (Lipinski definition) is 4. The lowest BCUT2D eigenvalue weighted by atomic mass is 10.0. The highest BCUT2D eigenvalue weighted by Crippen LogP contribution is 2.47. The molecule has 0 radical (unpaired) electrons. The van der Waals surface area contributed by atoms with E-state index in [2.05, 4.69) is 26.3 Å². The molecule has 0 spiro atoms. The van der Waals surface area contributed by atoms with Gasteiger partial charge in [-0.15, -0.1) is 0 Å². The number of benzene rings is 2. The summed E-state index contributed by atoms with van der Waals surface area (Å²) < 4.78 is 67.4. The maximum absolute atomic E-state index is 13.4. The van der Waals surface area contributed by atoms with Crippen molar-refractivity contribution in [1.82, 2.24) is 15.1 Å². The van der Waals surface area contributed by atoms with Crippen LogP contribution in [0.2, 0.25) is 0 Å². The Morgan fingerprint density at radius 1 is 1.24 bits per heavy atom. The number of halogens is 4. The smallest absolute Gasteiger partial charge is 0.354 e. The second-order valence-electron chi connectivity index (χ2n) is 7.63. The van der Waals surface area contributed by atoms with Crippen LogP contribution in [0.25, 0.3) is 16.6 Å². The predicted octanol–water partition coefficient (Wildman–Crippen LogP) is 4.70. The Kier molecular flexibility index (Phi) is 5.94. The molecule has 1 amide bonds. The molecule has 1 aliphatic rings. The Morgan fingerprint density at radius 3 is 2.39 bits per heavy atom. The van der Waals surface area contributed by atoms with E-state index in [-0.39, 0.29) is 22.8 Å². The van der Waals surface area contributed by atoms with Crippen molar-refractivity contribution in [2.24, 2.45) is 0 Å². The molecule has 0 atom stereocenters. The topological polar surface area (TPSA) is 84.3 Å². The molecule has 1 heterocycles. The van der Waals surface area contributed by atoms with E-state index in [0.717, 1.165) is 17.3 Å². The lowest BCUT2D eigenvalue weighted by Gasteiger charge is -2.26. The molecule has 1 saturated carbocycles. The maximum Gasteiger partial charge on any atom is 0.516 e. The van der Waals surface area contributed by atoms with E-state index >= 15 is 0 Å². The van der Waals surface area contributed by atoms with Crippen LogP contribution in [0.15, 0.2) is 40.9 Å². The van der Waals surface area contributed by atoms with Gasteiger partial charge in [-0.25, -0.2) is 4.68 Å². The average Bonchev–Trinajstić information content (AvgIpc) is 3.53. The van der Waals surface area contributed by atoms with E-state index in [0.29, 0.717) is 20.9 Å². The van der Waals surface area contributed by atoms with Gasteiger partial charge in [0.1, 0.15) is 5.69 Å². The molecule has 0 bridgehead atoms. The number of fused-ring (bicyclic) bond motifs is 1. The van der Waals surface area contributed by atoms with Crippen LogP contribution in [0.4, 0.5) is 18.9 Å². The minimum Gasteiger partial charge on any atom is -0.354 e. The zero-order valence-corrected chi connectivity index (χ0v) is 20.1. The second kappa shape index (κ2) is 8.32. The summed E-state index contributed by atoms with van der Waals surface area (Å²) in [6.07, 6.45) is 1.44. The number of sulfonamides is 1. The molecule has 1 N–H and O–H groups in total. The molecule has 1 aromatic heterocycles. The van der Waals surface area contributed by atoms with Crippen LogP contribution in [0.5, 0.6) is 0 Å². The molecule has 33 heavy (non-hydrogen) atoms. The number of hydrogen-bond donors (Lipinski definition) is 1. The molecule has 12 heteroatoms. The van der Waals surface area contributed by atoms with E-state index in [1.807, 2.05) is 0 Å². The fraction of sp³-hybridized carbons (Fsp3) is 0.333. The standard InChI is InChI=1S/C21H20BrF3N4O3S/c1-3-28(33(31,32)21(23,24)25)18-11-17-16(10-15(18)12-4-5-12)19(20(30)26-2)29(27-17)14-8-6-13(22)7-9-14/h6-12H,3-5H2,1-2H3,(H,26,30). The van der Waals surface area contributed by atoms with Crippen molar-refractivity contribution in [2.45, 2.75) is 31.2 Å². The normalized spacial score (nSPS) is 14.5. The number of nitrogens with zero attached hydrogens (tertiary/aromatic N) is 3. The van der Waals surface area contributed by atoms with Crippen molar-refractivity contribution in [3.8, 4) is 5.69 Å². The van der Waals surface area contributed by atoms with Crippen LogP contribution in [-0.2, 0) is 10.0 Å². The second-order valence-corrected chi connectivity index (χ2v) is 10.4. The molecule has 7 nitrogen and oxygen atoms in total. The fourth-order valence-corrected chi connectivity index (χ4v) is 5.05. The highest BCUT2D eigenvalue weighted by Gasteiger charge is 2.50. The Bertz CT molecular complexity index is 1330. The van der Waals surface area contributed by atoms with E-state index in [9.17, 15) is 26.4 Å². The molecular weight excluding hydrogens is 525 g/mol. The largest absolute Gasteiger partial charge is 0.516 e. The van der Waals surface area contributed by atoms with Crippen molar-refractivity contribution in [3.05, 3.63) is 52.1 Å². The van der Waals surface area contributed by atoms with Crippen molar-refractivity contribution in [1.29, 1.82) is 0 Å². The van der Waals surface area contributed by atoms with E-state index < -0.39 is 28.0 Å². The SMILES string of the molecule is CCN(c1cc2nn(-c3ccc(Br)cc3)c(C(=O)NC)c2cc1C1CC1)S(=O)(=O)C(F)(F)F. The molecule has 3 aromatic rings. The molecule has 0 unspecified atom stereocenters. The summed E-state index contributed by atoms with van der Waals surface area (Å²) >= 11 is 3.35. The summed E-state index contributed by atoms with van der Waals surface area (Å²) in [5.41, 5.74) is -4.05. The lowest BCUT2D eigenvalue weighted by Crippen LogP contribution is -2.41. The molecule has 0 aliphatic heterocycles. The third-order valence-corrected chi connectivity index (χ3v) is 7.64. The number of nitrogens with one attached hydrogen (secondary N) is 1. The summed E-state index contributed by atoms with van der Waals surface area (Å²) in [4.78, 5) is 12.8. The van der Waals surface area contributed by atoms with Crippen LogP contribution in [-0.4, -0.2) is 43.2 Å². The summed E-state index contributed by atoms with van der Waals surface area (Å²) in [6, 6.07) is 9.94. The zero-order valence-electron chi connectivity index (χ0n) is 17.6. The van der Waals surface area contributed by atoms with Crippen molar-refractivity contribution < 1.29 is 26.4 Å². The number of anilines is 1. The number of amides is 1. The first-order valence-electron chi connectivity index (χ1n) is 10.1. The number of alkyl halides is 3. The Labute approximate surface area is 196 Å². The third kappa shape index (κ3) is 4.10. The monoisotopic (exact) mass is 544 g/mol. The molecule has 1 aliphatic carbocycles. The van der Waals surface area contributed by atoms with E-state index in [4.69, 9.17) is 0 Å². The van der Waals surface area contributed by atoms with E-state index in [1.54, 1.807) is 30.3 Å². The van der Waals surface area contributed by atoms with Gasteiger partial charge in [-0.2, -0.15) is 26.7 Å². The number of carbonyl (C=O) groups is 1. The minimum absolute atomic E-state index is 0.0614. The summed E-state index contributed by atoms with van der Waals surface area (Å²) in [5, 5.41) is 7.47.